The minimum absolute atomic E-state index is 0.0291. The SMILES string of the molecule is Nn1c(SCC(=O)Nc2cc(C(F)(F)F)cc(C(F)(F)F)c2)nnc1-c1cccc(Cl)c1. The molecule has 0 bridgehead atoms. The smallest absolute Gasteiger partial charge is 0.335 e. The highest BCUT2D eigenvalue weighted by molar-refractivity contribution is 7.99. The summed E-state index contributed by atoms with van der Waals surface area (Å²) in [7, 11) is 0. The van der Waals surface area contributed by atoms with Crippen LogP contribution in [0.2, 0.25) is 5.02 Å². The van der Waals surface area contributed by atoms with E-state index in [2.05, 4.69) is 10.2 Å². The van der Waals surface area contributed by atoms with Gasteiger partial charge >= 0.3 is 12.4 Å². The van der Waals surface area contributed by atoms with Gasteiger partial charge in [0.15, 0.2) is 5.82 Å². The van der Waals surface area contributed by atoms with E-state index in [1.165, 1.54) is 0 Å². The van der Waals surface area contributed by atoms with E-state index in [0.29, 0.717) is 22.7 Å². The molecule has 0 unspecified atom stereocenters. The number of halogens is 7. The normalized spacial score (nSPS) is 12.1. The molecule has 3 rings (SSSR count). The number of thioether (sulfide) groups is 1. The number of aromatic nitrogens is 3. The molecule has 3 N–H and O–H groups in total. The summed E-state index contributed by atoms with van der Waals surface area (Å²) in [6, 6.07) is 7.37. The van der Waals surface area contributed by atoms with Crippen molar-refractivity contribution in [3.63, 3.8) is 0 Å². The van der Waals surface area contributed by atoms with Gasteiger partial charge in [-0.05, 0) is 30.3 Å². The Morgan fingerprint density at radius 3 is 2.22 bits per heavy atom. The molecule has 0 saturated carbocycles. The zero-order valence-electron chi connectivity index (χ0n) is 15.6. The summed E-state index contributed by atoms with van der Waals surface area (Å²) in [5, 5.41) is 10.3. The lowest BCUT2D eigenvalue weighted by atomic mass is 10.1. The van der Waals surface area contributed by atoms with Crippen molar-refractivity contribution in [1.82, 2.24) is 14.9 Å². The third-order valence-corrected chi connectivity index (χ3v) is 5.13. The number of carbonyl (C=O) groups excluding carboxylic acids is 1. The maximum atomic E-state index is 12.9. The highest BCUT2D eigenvalue weighted by Gasteiger charge is 2.37. The lowest BCUT2D eigenvalue weighted by molar-refractivity contribution is -0.143. The van der Waals surface area contributed by atoms with Crippen LogP contribution in [0.5, 0.6) is 0 Å². The maximum Gasteiger partial charge on any atom is 0.416 e. The molecule has 1 heterocycles. The first-order valence-corrected chi connectivity index (χ1v) is 9.89. The van der Waals surface area contributed by atoms with Crippen molar-refractivity contribution in [2.45, 2.75) is 17.5 Å². The second kappa shape index (κ2) is 8.90. The number of carbonyl (C=O) groups is 1. The minimum atomic E-state index is -5.03. The van der Waals surface area contributed by atoms with Crippen molar-refractivity contribution in [3.05, 3.63) is 58.6 Å². The van der Waals surface area contributed by atoms with Crippen LogP contribution in [-0.4, -0.2) is 26.5 Å². The van der Waals surface area contributed by atoms with Gasteiger partial charge in [0.2, 0.25) is 11.1 Å². The van der Waals surface area contributed by atoms with Crippen LogP contribution in [0.15, 0.2) is 47.6 Å². The standard InChI is InChI=1S/C18H12ClF6N5OS/c19-12-3-1-2-9(4-12)15-28-29-16(30(15)26)32-8-14(31)27-13-6-10(17(20,21)22)5-11(7-13)18(23,24)25/h1-7H,8,26H2,(H,27,31). The van der Waals surface area contributed by atoms with E-state index >= 15 is 0 Å². The fourth-order valence-electron chi connectivity index (χ4n) is 2.55. The van der Waals surface area contributed by atoms with E-state index in [-0.39, 0.29) is 17.0 Å². The molecule has 0 fully saturated rings. The van der Waals surface area contributed by atoms with Crippen LogP contribution in [0.3, 0.4) is 0 Å². The Kier molecular flexibility index (Phi) is 6.60. The number of nitrogens with zero attached hydrogens (tertiary/aromatic N) is 3. The van der Waals surface area contributed by atoms with Crippen LogP contribution < -0.4 is 11.2 Å². The quantitative estimate of drug-likeness (QED) is 0.293. The second-order valence-corrected chi connectivity index (χ2v) is 7.70. The fourth-order valence-corrected chi connectivity index (χ4v) is 3.40. The van der Waals surface area contributed by atoms with Gasteiger partial charge in [-0.15, -0.1) is 10.2 Å². The summed E-state index contributed by atoms with van der Waals surface area (Å²) in [4.78, 5) is 12.1. The van der Waals surface area contributed by atoms with Gasteiger partial charge in [-0.2, -0.15) is 26.3 Å². The van der Waals surface area contributed by atoms with Gasteiger partial charge in [0, 0.05) is 16.3 Å². The van der Waals surface area contributed by atoms with Gasteiger partial charge in [0.25, 0.3) is 0 Å². The van der Waals surface area contributed by atoms with Crippen molar-refractivity contribution in [1.29, 1.82) is 0 Å². The monoisotopic (exact) mass is 495 g/mol. The van der Waals surface area contributed by atoms with Crippen molar-refractivity contribution in [2.24, 2.45) is 0 Å². The summed E-state index contributed by atoms with van der Waals surface area (Å²) in [5.74, 6) is 4.88. The topological polar surface area (TPSA) is 85.8 Å². The third-order valence-electron chi connectivity index (χ3n) is 3.95. The molecule has 0 aliphatic rings. The molecule has 0 atom stereocenters. The first-order valence-electron chi connectivity index (χ1n) is 8.53. The molecule has 170 valence electrons. The Morgan fingerprint density at radius 1 is 1.03 bits per heavy atom. The summed E-state index contributed by atoms with van der Waals surface area (Å²) < 4.78 is 78.7. The first kappa shape index (κ1) is 23.7. The zero-order valence-corrected chi connectivity index (χ0v) is 17.2. The molecule has 0 radical (unpaired) electrons. The third kappa shape index (κ3) is 5.65. The Labute approximate surface area is 185 Å². The molecule has 0 spiro atoms. The molecule has 0 saturated heterocycles. The van der Waals surface area contributed by atoms with Crippen LogP contribution in [-0.2, 0) is 17.1 Å². The molecule has 2 aromatic carbocycles. The second-order valence-electron chi connectivity index (χ2n) is 6.32. The van der Waals surface area contributed by atoms with E-state index in [0.717, 1.165) is 16.4 Å². The van der Waals surface area contributed by atoms with Gasteiger partial charge in [-0.3, -0.25) is 4.79 Å². The first-order chi connectivity index (χ1) is 14.8. The fraction of sp³-hybridized carbons (Fsp3) is 0.167. The molecule has 1 aromatic heterocycles. The van der Waals surface area contributed by atoms with Gasteiger partial charge in [-0.1, -0.05) is 35.5 Å². The van der Waals surface area contributed by atoms with Crippen molar-refractivity contribution in [2.75, 3.05) is 16.9 Å². The van der Waals surface area contributed by atoms with E-state index in [9.17, 15) is 31.1 Å². The largest absolute Gasteiger partial charge is 0.416 e. The number of hydrogen-bond donors (Lipinski definition) is 2. The van der Waals surface area contributed by atoms with Crippen LogP contribution in [0.4, 0.5) is 32.0 Å². The number of benzene rings is 2. The van der Waals surface area contributed by atoms with Crippen LogP contribution in [0.25, 0.3) is 11.4 Å². The van der Waals surface area contributed by atoms with Crippen LogP contribution >= 0.6 is 23.4 Å². The number of nitrogens with one attached hydrogen (secondary N) is 1. The predicted octanol–water partition coefficient (Wildman–Crippen LogP) is 5.08. The molecule has 32 heavy (non-hydrogen) atoms. The minimum Gasteiger partial charge on any atom is -0.335 e. The van der Waals surface area contributed by atoms with Gasteiger partial charge in [0.1, 0.15) is 0 Å². The van der Waals surface area contributed by atoms with Crippen molar-refractivity contribution >= 4 is 35.0 Å². The Hall–Kier alpha value is -2.93. The lowest BCUT2D eigenvalue weighted by Crippen LogP contribution is -2.18. The van der Waals surface area contributed by atoms with Gasteiger partial charge in [-0.25, -0.2) is 4.68 Å². The van der Waals surface area contributed by atoms with Crippen molar-refractivity contribution in [3.8, 4) is 11.4 Å². The number of amides is 1. The summed E-state index contributed by atoms with van der Waals surface area (Å²) >= 11 is 6.70. The zero-order chi connectivity index (χ0) is 23.7. The Bertz CT molecular complexity index is 1120. The van der Waals surface area contributed by atoms with E-state index < -0.39 is 40.8 Å². The number of anilines is 1. The number of rotatable bonds is 5. The van der Waals surface area contributed by atoms with Gasteiger partial charge < -0.3 is 11.2 Å². The number of nitrogens with two attached hydrogens (primary N) is 1. The number of hydrogen-bond acceptors (Lipinski definition) is 5. The van der Waals surface area contributed by atoms with Crippen molar-refractivity contribution < 1.29 is 31.1 Å². The Balaban J connectivity index is 1.73. The lowest BCUT2D eigenvalue weighted by Gasteiger charge is -2.14. The van der Waals surface area contributed by atoms with Gasteiger partial charge in [0.05, 0.1) is 16.9 Å². The molecule has 6 nitrogen and oxygen atoms in total. The molecule has 0 aliphatic carbocycles. The number of nitrogen functional groups attached to an aromatic ring is 1. The molecule has 0 aliphatic heterocycles. The van der Waals surface area contributed by atoms with E-state index in [1.54, 1.807) is 24.3 Å². The molecule has 3 aromatic rings. The predicted molar refractivity (Wildman–Crippen MR) is 106 cm³/mol. The molecule has 1 amide bonds. The average molecular weight is 496 g/mol. The number of alkyl halides is 6. The average Bonchev–Trinajstić information content (AvgIpc) is 3.05. The molecule has 14 heteroatoms. The molecular formula is C18H12ClF6N5OS. The van der Waals surface area contributed by atoms with Crippen LogP contribution in [0, 0.1) is 0 Å². The Morgan fingerprint density at radius 2 is 1.66 bits per heavy atom. The summed E-state index contributed by atoms with van der Waals surface area (Å²) in [6.45, 7) is 0. The summed E-state index contributed by atoms with van der Waals surface area (Å²) in [5.41, 5.74) is -3.18. The molecular weight excluding hydrogens is 484 g/mol. The summed E-state index contributed by atoms with van der Waals surface area (Å²) in [6.07, 6.45) is -10.1. The highest BCUT2D eigenvalue weighted by Crippen LogP contribution is 2.37. The van der Waals surface area contributed by atoms with E-state index in [1.807, 2.05) is 5.32 Å². The van der Waals surface area contributed by atoms with Crippen LogP contribution in [0.1, 0.15) is 11.1 Å². The van der Waals surface area contributed by atoms with E-state index in [4.69, 9.17) is 17.4 Å². The maximum absolute atomic E-state index is 12.9. The highest BCUT2D eigenvalue weighted by atomic mass is 35.5.